The average molecular weight is 304 g/mol. The van der Waals surface area contributed by atoms with Crippen LogP contribution in [0, 0.1) is 0 Å². The van der Waals surface area contributed by atoms with Crippen LogP contribution in [-0.4, -0.2) is 30.3 Å². The van der Waals surface area contributed by atoms with Crippen LogP contribution in [0.5, 0.6) is 0 Å². The number of benzene rings is 1. The second-order valence-electron chi connectivity index (χ2n) is 6.14. The zero-order valence-corrected chi connectivity index (χ0v) is 13.3. The molecule has 0 saturated heterocycles. The summed E-state index contributed by atoms with van der Waals surface area (Å²) in [6.45, 7) is 0.811. The first kappa shape index (κ1) is 16.8. The van der Waals surface area contributed by atoms with Gasteiger partial charge < -0.3 is 15.7 Å². The van der Waals surface area contributed by atoms with Gasteiger partial charge in [-0.05, 0) is 37.2 Å². The van der Waals surface area contributed by atoms with E-state index in [1.54, 1.807) is 0 Å². The van der Waals surface area contributed by atoms with Crippen LogP contribution in [0.4, 0.5) is 4.79 Å². The number of rotatable bonds is 7. The summed E-state index contributed by atoms with van der Waals surface area (Å²) in [5.74, 6) is 0.293. The fourth-order valence-corrected chi connectivity index (χ4v) is 3.20. The third-order valence-electron chi connectivity index (χ3n) is 4.47. The molecule has 1 saturated carbocycles. The van der Waals surface area contributed by atoms with Gasteiger partial charge in [0, 0.05) is 19.2 Å². The molecule has 1 atom stereocenters. The Bertz CT molecular complexity index is 430. The lowest BCUT2D eigenvalue weighted by molar-refractivity contribution is 0.231. The average Bonchev–Trinajstić information content (AvgIpc) is 2.56. The van der Waals surface area contributed by atoms with Gasteiger partial charge in [-0.15, -0.1) is 0 Å². The van der Waals surface area contributed by atoms with Crippen molar-refractivity contribution in [3.63, 3.8) is 0 Å². The van der Waals surface area contributed by atoms with E-state index in [-0.39, 0.29) is 12.6 Å². The number of amides is 2. The molecule has 1 aromatic carbocycles. The summed E-state index contributed by atoms with van der Waals surface area (Å²) in [5, 5.41) is 15.2. The maximum Gasteiger partial charge on any atom is 0.315 e. The fourth-order valence-electron chi connectivity index (χ4n) is 3.20. The van der Waals surface area contributed by atoms with Gasteiger partial charge in [-0.2, -0.15) is 0 Å². The summed E-state index contributed by atoms with van der Waals surface area (Å²) in [7, 11) is 0. The quantitative estimate of drug-likeness (QED) is 0.724. The third-order valence-corrected chi connectivity index (χ3v) is 4.47. The summed E-state index contributed by atoms with van der Waals surface area (Å²) >= 11 is 0. The lowest BCUT2D eigenvalue weighted by Gasteiger charge is -2.23. The Kier molecular flexibility index (Phi) is 7.23. The van der Waals surface area contributed by atoms with Gasteiger partial charge in [0.2, 0.25) is 0 Å². The lowest BCUT2D eigenvalue weighted by atomic mass is 9.93. The van der Waals surface area contributed by atoms with E-state index in [9.17, 15) is 9.90 Å². The van der Waals surface area contributed by atoms with E-state index in [0.29, 0.717) is 18.5 Å². The number of aliphatic hydroxyl groups is 1. The Balaban J connectivity index is 1.71. The van der Waals surface area contributed by atoms with Crippen molar-refractivity contribution in [1.29, 1.82) is 0 Å². The highest BCUT2D eigenvalue weighted by atomic mass is 16.3. The fraction of sp³-hybridized carbons (Fsp3) is 0.611. The van der Waals surface area contributed by atoms with Gasteiger partial charge in [0.1, 0.15) is 0 Å². The molecule has 122 valence electrons. The van der Waals surface area contributed by atoms with Crippen molar-refractivity contribution < 1.29 is 9.90 Å². The van der Waals surface area contributed by atoms with Crippen molar-refractivity contribution in [2.24, 2.45) is 0 Å². The molecule has 2 amide bonds. The molecule has 0 radical (unpaired) electrons. The number of hydrogen-bond acceptors (Lipinski definition) is 2. The second-order valence-corrected chi connectivity index (χ2v) is 6.14. The van der Waals surface area contributed by atoms with Crippen LogP contribution >= 0.6 is 0 Å². The van der Waals surface area contributed by atoms with Gasteiger partial charge in [-0.25, -0.2) is 4.79 Å². The number of nitrogens with one attached hydrogen (secondary N) is 2. The van der Waals surface area contributed by atoms with Gasteiger partial charge >= 0.3 is 6.03 Å². The minimum Gasteiger partial charge on any atom is -0.396 e. The Morgan fingerprint density at radius 2 is 1.86 bits per heavy atom. The first-order valence-electron chi connectivity index (χ1n) is 8.49. The Labute approximate surface area is 133 Å². The van der Waals surface area contributed by atoms with Crippen molar-refractivity contribution >= 4 is 6.03 Å². The molecule has 1 aromatic rings. The molecule has 1 aliphatic carbocycles. The molecule has 1 unspecified atom stereocenters. The van der Waals surface area contributed by atoms with Gasteiger partial charge in [0.25, 0.3) is 0 Å². The summed E-state index contributed by atoms with van der Waals surface area (Å²) in [6.07, 6.45) is 7.52. The highest BCUT2D eigenvalue weighted by Gasteiger charge is 2.16. The molecule has 4 nitrogen and oxygen atoms in total. The normalized spacial score (nSPS) is 17.0. The monoisotopic (exact) mass is 304 g/mol. The molecule has 2 rings (SSSR count). The minimum absolute atomic E-state index is 0.0530. The van der Waals surface area contributed by atoms with Crippen molar-refractivity contribution in [2.45, 2.75) is 56.9 Å². The molecule has 1 fully saturated rings. The van der Waals surface area contributed by atoms with Crippen molar-refractivity contribution in [3.05, 3.63) is 35.9 Å². The lowest BCUT2D eigenvalue weighted by Crippen LogP contribution is -2.43. The van der Waals surface area contributed by atoms with E-state index in [1.165, 1.54) is 24.8 Å². The van der Waals surface area contributed by atoms with Crippen LogP contribution in [-0.2, 0) is 0 Å². The summed E-state index contributed by atoms with van der Waals surface area (Å²) in [6, 6.07) is 10.5. The topological polar surface area (TPSA) is 61.4 Å². The van der Waals surface area contributed by atoms with E-state index in [0.717, 1.165) is 25.7 Å². The number of aliphatic hydroxyl groups excluding tert-OH is 1. The first-order chi connectivity index (χ1) is 10.8. The number of carbonyl (C=O) groups is 1. The van der Waals surface area contributed by atoms with E-state index >= 15 is 0 Å². The van der Waals surface area contributed by atoms with Gasteiger partial charge in [0.15, 0.2) is 0 Å². The number of hydrogen-bond donors (Lipinski definition) is 3. The van der Waals surface area contributed by atoms with Crippen molar-refractivity contribution in [2.75, 3.05) is 13.2 Å². The molecule has 0 aliphatic heterocycles. The van der Waals surface area contributed by atoms with Crippen LogP contribution in [0.15, 0.2) is 30.3 Å². The van der Waals surface area contributed by atoms with Gasteiger partial charge in [-0.3, -0.25) is 0 Å². The molecule has 3 N–H and O–H groups in total. The SMILES string of the molecule is O=C(NCCC(CCO)c1ccccc1)NC1CCCCC1. The predicted molar refractivity (Wildman–Crippen MR) is 88.9 cm³/mol. The van der Waals surface area contributed by atoms with E-state index < -0.39 is 0 Å². The van der Waals surface area contributed by atoms with Crippen LogP contribution in [0.25, 0.3) is 0 Å². The largest absolute Gasteiger partial charge is 0.396 e. The molecule has 0 bridgehead atoms. The zero-order chi connectivity index (χ0) is 15.6. The zero-order valence-electron chi connectivity index (χ0n) is 13.3. The Morgan fingerprint density at radius 3 is 2.55 bits per heavy atom. The van der Waals surface area contributed by atoms with Gasteiger partial charge in [0.05, 0.1) is 0 Å². The highest BCUT2D eigenvalue weighted by Crippen LogP contribution is 2.22. The van der Waals surface area contributed by atoms with Crippen LogP contribution in [0.1, 0.15) is 56.4 Å². The summed E-state index contributed by atoms with van der Waals surface area (Å²) in [5.41, 5.74) is 1.23. The number of urea groups is 1. The number of carbonyl (C=O) groups excluding carboxylic acids is 1. The maximum absolute atomic E-state index is 11.9. The summed E-state index contributed by atoms with van der Waals surface area (Å²) in [4.78, 5) is 11.9. The molecule has 0 heterocycles. The molecule has 0 spiro atoms. The molecule has 4 heteroatoms. The second kappa shape index (κ2) is 9.46. The first-order valence-corrected chi connectivity index (χ1v) is 8.49. The van der Waals surface area contributed by atoms with Crippen LogP contribution in [0.3, 0.4) is 0 Å². The Morgan fingerprint density at radius 1 is 1.14 bits per heavy atom. The van der Waals surface area contributed by atoms with Gasteiger partial charge in [-0.1, -0.05) is 49.6 Å². The van der Waals surface area contributed by atoms with Crippen molar-refractivity contribution in [1.82, 2.24) is 10.6 Å². The minimum atomic E-state index is -0.0530. The summed E-state index contributed by atoms with van der Waals surface area (Å²) < 4.78 is 0. The van der Waals surface area contributed by atoms with Crippen LogP contribution in [0.2, 0.25) is 0 Å². The molecule has 0 aromatic heterocycles. The smallest absolute Gasteiger partial charge is 0.315 e. The maximum atomic E-state index is 11.9. The van der Waals surface area contributed by atoms with E-state index in [1.807, 2.05) is 18.2 Å². The predicted octanol–water partition coefficient (Wildman–Crippen LogP) is 3.17. The standard InChI is InChI=1S/C18H28N2O2/c21-14-12-16(15-7-3-1-4-8-15)11-13-19-18(22)20-17-9-5-2-6-10-17/h1,3-4,7-8,16-17,21H,2,5-6,9-14H2,(H2,19,20,22). The molecular formula is C18H28N2O2. The highest BCUT2D eigenvalue weighted by molar-refractivity contribution is 5.74. The van der Waals surface area contributed by atoms with Crippen LogP contribution < -0.4 is 10.6 Å². The molecule has 22 heavy (non-hydrogen) atoms. The third kappa shape index (κ3) is 5.68. The Hall–Kier alpha value is -1.55. The van der Waals surface area contributed by atoms with E-state index in [2.05, 4.69) is 22.8 Å². The van der Waals surface area contributed by atoms with E-state index in [4.69, 9.17) is 0 Å². The van der Waals surface area contributed by atoms with Crippen molar-refractivity contribution in [3.8, 4) is 0 Å². The molecular weight excluding hydrogens is 276 g/mol. The molecule has 1 aliphatic rings.